The highest BCUT2D eigenvalue weighted by Gasteiger charge is 2.34. The van der Waals surface area contributed by atoms with E-state index in [0.717, 1.165) is 34.7 Å². The summed E-state index contributed by atoms with van der Waals surface area (Å²) < 4.78 is 11.0. The van der Waals surface area contributed by atoms with Crippen molar-refractivity contribution in [3.63, 3.8) is 0 Å². The normalized spacial score (nSPS) is 19.4. The molecule has 0 aromatic heterocycles. The fourth-order valence-electron chi connectivity index (χ4n) is 4.39. The fourth-order valence-corrected chi connectivity index (χ4v) is 5.41. The lowest BCUT2D eigenvalue weighted by Crippen LogP contribution is -2.42. The topological polar surface area (TPSA) is 54.4 Å². The third kappa shape index (κ3) is 5.16. The molecule has 6 nitrogen and oxygen atoms in total. The van der Waals surface area contributed by atoms with Gasteiger partial charge in [0.25, 0.3) is 5.91 Å². The van der Waals surface area contributed by atoms with Gasteiger partial charge in [-0.05, 0) is 68.8 Å². The largest absolute Gasteiger partial charge is 0.496 e. The molecule has 2 aliphatic rings. The van der Waals surface area contributed by atoms with E-state index in [1.54, 1.807) is 19.1 Å². The second kappa shape index (κ2) is 10.3. The van der Waals surface area contributed by atoms with Gasteiger partial charge < -0.3 is 14.4 Å². The molecule has 184 valence electrons. The number of amides is 1. The third-order valence-electron chi connectivity index (χ3n) is 6.45. The maximum Gasteiger partial charge on any atom is 0.266 e. The Labute approximate surface area is 212 Å². The van der Waals surface area contributed by atoms with Crippen molar-refractivity contribution in [2.75, 3.05) is 39.3 Å². The number of likely N-dealkylation sites (N-methyl/N-ethyl adjacent to an activating group) is 1. The van der Waals surface area contributed by atoms with E-state index in [4.69, 9.17) is 14.5 Å². The molecule has 1 saturated heterocycles. The first kappa shape index (κ1) is 25.1. The number of carbonyl (C=O) groups is 1. The summed E-state index contributed by atoms with van der Waals surface area (Å²) in [6.07, 6.45) is 4.94. The van der Waals surface area contributed by atoms with Crippen molar-refractivity contribution in [3.8, 4) is 5.75 Å². The average Bonchev–Trinajstić information content (AvgIpc) is 3.12. The predicted octanol–water partition coefficient (Wildman–Crippen LogP) is 5.97. The molecule has 2 heterocycles. The SMILES string of the molecule is COCCCN1C(=O)/C(=C\c2cc3c(cc2OC)N(C)C(C)(C)C=C3C)SC1=Nc1ccccc1. The first-order valence-electron chi connectivity index (χ1n) is 11.7. The number of thioether (sulfide) groups is 1. The van der Waals surface area contributed by atoms with Crippen molar-refractivity contribution in [1.82, 2.24) is 4.90 Å². The van der Waals surface area contributed by atoms with Crippen LogP contribution in [-0.4, -0.2) is 55.9 Å². The number of carbonyl (C=O) groups excluding carboxylic acids is 1. The highest BCUT2D eigenvalue weighted by Crippen LogP contribution is 2.43. The van der Waals surface area contributed by atoms with Crippen LogP contribution in [0.3, 0.4) is 0 Å². The van der Waals surface area contributed by atoms with Gasteiger partial charge in [-0.3, -0.25) is 9.69 Å². The molecule has 35 heavy (non-hydrogen) atoms. The Morgan fingerprint density at radius 1 is 1.14 bits per heavy atom. The molecule has 7 heteroatoms. The van der Waals surface area contributed by atoms with E-state index in [0.29, 0.717) is 23.2 Å². The number of amidine groups is 1. The second-order valence-corrected chi connectivity index (χ2v) is 10.3. The molecule has 4 rings (SSSR count). The first-order valence-corrected chi connectivity index (χ1v) is 12.6. The van der Waals surface area contributed by atoms with Crippen LogP contribution in [0.5, 0.6) is 5.75 Å². The summed E-state index contributed by atoms with van der Waals surface area (Å²) in [7, 11) is 5.44. The van der Waals surface area contributed by atoms with E-state index >= 15 is 0 Å². The van der Waals surface area contributed by atoms with Crippen LogP contribution in [0.2, 0.25) is 0 Å². The van der Waals surface area contributed by atoms with Crippen LogP contribution in [0.4, 0.5) is 11.4 Å². The van der Waals surface area contributed by atoms with Gasteiger partial charge in [-0.25, -0.2) is 4.99 Å². The van der Waals surface area contributed by atoms with Crippen LogP contribution in [0, 0.1) is 0 Å². The summed E-state index contributed by atoms with van der Waals surface area (Å²) in [4.78, 5) is 22.8. The maximum absolute atomic E-state index is 13.4. The Hall–Kier alpha value is -3.03. The van der Waals surface area contributed by atoms with Crippen molar-refractivity contribution in [3.05, 3.63) is 64.6 Å². The second-order valence-electron chi connectivity index (χ2n) is 9.30. The Balaban J connectivity index is 1.74. The number of ether oxygens (including phenoxy) is 2. The van der Waals surface area contributed by atoms with Crippen LogP contribution < -0.4 is 9.64 Å². The van der Waals surface area contributed by atoms with E-state index in [2.05, 4.69) is 50.9 Å². The molecule has 0 saturated carbocycles. The molecule has 0 atom stereocenters. The van der Waals surface area contributed by atoms with Gasteiger partial charge in [-0.2, -0.15) is 0 Å². The van der Waals surface area contributed by atoms with Gasteiger partial charge in [0.2, 0.25) is 0 Å². The Kier molecular flexibility index (Phi) is 7.38. The van der Waals surface area contributed by atoms with Crippen molar-refractivity contribution < 1.29 is 14.3 Å². The number of para-hydroxylation sites is 1. The molecular formula is C28H33N3O3S. The Morgan fingerprint density at radius 2 is 1.89 bits per heavy atom. The number of methoxy groups -OCH3 is 2. The lowest BCUT2D eigenvalue weighted by Gasteiger charge is -2.41. The fraction of sp³-hybridized carbons (Fsp3) is 0.357. The average molecular weight is 492 g/mol. The first-order chi connectivity index (χ1) is 16.7. The van der Waals surface area contributed by atoms with Crippen LogP contribution in [0.25, 0.3) is 11.6 Å². The smallest absolute Gasteiger partial charge is 0.266 e. The number of anilines is 1. The molecular weight excluding hydrogens is 458 g/mol. The van der Waals surface area contributed by atoms with E-state index in [1.165, 1.54) is 17.3 Å². The zero-order valence-corrected chi connectivity index (χ0v) is 22.1. The van der Waals surface area contributed by atoms with Gasteiger partial charge >= 0.3 is 0 Å². The summed E-state index contributed by atoms with van der Waals surface area (Å²) in [5.41, 5.74) is 5.07. The summed E-state index contributed by atoms with van der Waals surface area (Å²) in [5, 5.41) is 0.679. The minimum Gasteiger partial charge on any atom is -0.496 e. The van der Waals surface area contributed by atoms with Crippen molar-refractivity contribution in [1.29, 1.82) is 0 Å². The van der Waals surface area contributed by atoms with Crippen LogP contribution in [-0.2, 0) is 9.53 Å². The minimum absolute atomic E-state index is 0.0499. The summed E-state index contributed by atoms with van der Waals surface area (Å²) in [5.74, 6) is 0.687. The van der Waals surface area contributed by atoms with Gasteiger partial charge in [0.15, 0.2) is 5.17 Å². The summed E-state index contributed by atoms with van der Waals surface area (Å²) >= 11 is 1.40. The number of allylic oxidation sites excluding steroid dienone is 1. The number of rotatable bonds is 7. The molecule has 0 radical (unpaired) electrons. The number of nitrogens with zero attached hydrogens (tertiary/aromatic N) is 3. The third-order valence-corrected chi connectivity index (χ3v) is 7.46. The van der Waals surface area contributed by atoms with E-state index in [1.807, 2.05) is 36.4 Å². The molecule has 0 aliphatic carbocycles. The monoisotopic (exact) mass is 491 g/mol. The van der Waals surface area contributed by atoms with E-state index in [-0.39, 0.29) is 11.4 Å². The standard InChI is InChI=1S/C28H33N3O3S/c1-19-18-28(2,3)30(4)23-17-24(34-6)20(15-22(19)23)16-25-26(32)31(13-10-14-33-5)27(35-25)29-21-11-8-7-9-12-21/h7-9,11-12,15-18H,10,13-14H2,1-6H3/b25-16+,29-27?. The van der Waals surface area contributed by atoms with E-state index in [9.17, 15) is 4.79 Å². The van der Waals surface area contributed by atoms with Crippen molar-refractivity contribution in [2.24, 2.45) is 4.99 Å². The summed E-state index contributed by atoms with van der Waals surface area (Å²) in [6.45, 7) is 7.66. The van der Waals surface area contributed by atoms with Gasteiger partial charge in [0, 0.05) is 50.2 Å². The zero-order chi connectivity index (χ0) is 25.2. The molecule has 0 bridgehead atoms. The molecule has 2 aliphatic heterocycles. The quantitative estimate of drug-likeness (QED) is 0.353. The number of fused-ring (bicyclic) bond motifs is 1. The molecule has 2 aromatic rings. The van der Waals surface area contributed by atoms with Crippen LogP contribution in [0.1, 0.15) is 38.3 Å². The predicted molar refractivity (Wildman–Crippen MR) is 146 cm³/mol. The van der Waals surface area contributed by atoms with Crippen molar-refractivity contribution >= 4 is 45.9 Å². The number of benzene rings is 2. The van der Waals surface area contributed by atoms with Gasteiger partial charge in [0.05, 0.1) is 23.2 Å². The van der Waals surface area contributed by atoms with E-state index < -0.39 is 0 Å². The highest BCUT2D eigenvalue weighted by atomic mass is 32.2. The van der Waals surface area contributed by atoms with Gasteiger partial charge in [-0.1, -0.05) is 24.3 Å². The lowest BCUT2D eigenvalue weighted by molar-refractivity contribution is -0.122. The lowest BCUT2D eigenvalue weighted by atomic mass is 9.88. The molecule has 1 fully saturated rings. The zero-order valence-electron chi connectivity index (χ0n) is 21.3. The van der Waals surface area contributed by atoms with Gasteiger partial charge in [-0.15, -0.1) is 0 Å². The van der Waals surface area contributed by atoms with Crippen LogP contribution in [0.15, 0.2) is 58.4 Å². The number of aliphatic imine (C=N–C) groups is 1. The number of hydrogen-bond donors (Lipinski definition) is 0. The maximum atomic E-state index is 13.4. The van der Waals surface area contributed by atoms with Gasteiger partial charge in [0.1, 0.15) is 5.75 Å². The van der Waals surface area contributed by atoms with Crippen molar-refractivity contribution in [2.45, 2.75) is 32.7 Å². The molecule has 0 spiro atoms. The Morgan fingerprint density at radius 3 is 2.57 bits per heavy atom. The van der Waals surface area contributed by atoms with Crippen LogP contribution >= 0.6 is 11.8 Å². The Bertz CT molecular complexity index is 1200. The summed E-state index contributed by atoms with van der Waals surface area (Å²) in [6, 6.07) is 13.9. The molecule has 0 N–H and O–H groups in total. The molecule has 1 amide bonds. The highest BCUT2D eigenvalue weighted by molar-refractivity contribution is 8.18. The molecule has 0 unspecified atom stereocenters. The number of hydrogen-bond acceptors (Lipinski definition) is 6. The minimum atomic E-state index is -0.0924. The molecule has 2 aromatic carbocycles.